The summed E-state index contributed by atoms with van der Waals surface area (Å²) < 4.78 is 15.4. The first-order valence-electron chi connectivity index (χ1n) is 5.67. The Hall–Kier alpha value is -1.20. The van der Waals surface area contributed by atoms with Crippen LogP contribution in [-0.2, 0) is 13.5 Å². The molecule has 1 atom stereocenters. The number of rotatable bonds is 3. The van der Waals surface area contributed by atoms with E-state index in [1.807, 2.05) is 20.2 Å². The average molecular weight is 312 g/mol. The van der Waals surface area contributed by atoms with Crippen molar-refractivity contribution in [3.8, 4) is 0 Å². The molecule has 1 unspecified atom stereocenters. The Labute approximate surface area is 114 Å². The first-order chi connectivity index (χ1) is 8.47. The molecule has 5 heteroatoms. The molecule has 3 nitrogen and oxygen atoms in total. The van der Waals surface area contributed by atoms with E-state index >= 15 is 0 Å². The summed E-state index contributed by atoms with van der Waals surface area (Å²) in [6, 6.07) is 4.84. The predicted octanol–water partition coefficient (Wildman–Crippen LogP) is 2.87. The van der Waals surface area contributed by atoms with E-state index in [0.29, 0.717) is 10.9 Å². The van der Waals surface area contributed by atoms with E-state index in [9.17, 15) is 4.39 Å². The summed E-state index contributed by atoms with van der Waals surface area (Å²) in [7, 11) is 1.87. The minimum absolute atomic E-state index is 0.129. The van der Waals surface area contributed by atoms with Gasteiger partial charge < -0.3 is 5.73 Å². The Balaban J connectivity index is 2.18. The summed E-state index contributed by atoms with van der Waals surface area (Å²) in [6.45, 7) is 1.94. The molecular formula is C13H15BrFN3. The van der Waals surface area contributed by atoms with E-state index in [4.69, 9.17) is 5.73 Å². The van der Waals surface area contributed by atoms with Gasteiger partial charge in [-0.15, -0.1) is 0 Å². The molecule has 0 saturated carbocycles. The Kier molecular flexibility index (Phi) is 3.82. The fourth-order valence-electron chi connectivity index (χ4n) is 2.01. The number of nitrogens with zero attached hydrogens (tertiary/aromatic N) is 2. The number of hydrogen-bond donors (Lipinski definition) is 1. The van der Waals surface area contributed by atoms with Gasteiger partial charge in [-0.05, 0) is 47.0 Å². The van der Waals surface area contributed by atoms with Gasteiger partial charge in [0.05, 0.1) is 10.2 Å². The van der Waals surface area contributed by atoms with Gasteiger partial charge >= 0.3 is 0 Å². The van der Waals surface area contributed by atoms with E-state index in [1.54, 1.807) is 16.8 Å². The molecule has 2 rings (SSSR count). The highest BCUT2D eigenvalue weighted by Gasteiger charge is 2.13. The lowest BCUT2D eigenvalue weighted by Gasteiger charge is -2.11. The van der Waals surface area contributed by atoms with Crippen LogP contribution in [0.25, 0.3) is 0 Å². The Morgan fingerprint density at radius 1 is 1.50 bits per heavy atom. The molecule has 0 spiro atoms. The van der Waals surface area contributed by atoms with Crippen LogP contribution in [0.4, 0.5) is 4.39 Å². The number of nitrogens with two attached hydrogens (primary N) is 1. The lowest BCUT2D eigenvalue weighted by molar-refractivity contribution is 0.618. The highest BCUT2D eigenvalue weighted by molar-refractivity contribution is 9.10. The highest BCUT2D eigenvalue weighted by atomic mass is 79.9. The molecular weight excluding hydrogens is 297 g/mol. The predicted molar refractivity (Wildman–Crippen MR) is 72.7 cm³/mol. The van der Waals surface area contributed by atoms with Crippen LogP contribution in [0, 0.1) is 12.7 Å². The van der Waals surface area contributed by atoms with E-state index in [0.717, 1.165) is 16.8 Å². The molecule has 0 fully saturated rings. The fraction of sp³-hybridized carbons (Fsp3) is 0.308. The molecule has 0 bridgehead atoms. The Morgan fingerprint density at radius 3 is 2.78 bits per heavy atom. The molecule has 96 valence electrons. The SMILES string of the molecule is Cc1nn(C)cc1C(N)Cc1ccc(F)c(Br)c1. The van der Waals surface area contributed by atoms with Gasteiger partial charge in [0.25, 0.3) is 0 Å². The lowest BCUT2D eigenvalue weighted by Crippen LogP contribution is -2.13. The highest BCUT2D eigenvalue weighted by Crippen LogP contribution is 2.22. The number of benzene rings is 1. The Morgan fingerprint density at radius 2 is 2.22 bits per heavy atom. The average Bonchev–Trinajstić information content (AvgIpc) is 2.63. The van der Waals surface area contributed by atoms with Crippen molar-refractivity contribution < 1.29 is 4.39 Å². The molecule has 0 saturated heterocycles. The lowest BCUT2D eigenvalue weighted by atomic mass is 10.0. The van der Waals surface area contributed by atoms with Gasteiger partial charge in [0, 0.05) is 24.8 Å². The molecule has 0 aliphatic carbocycles. The molecule has 0 aliphatic heterocycles. The van der Waals surface area contributed by atoms with Crippen LogP contribution < -0.4 is 5.73 Å². The third-order valence-electron chi connectivity index (χ3n) is 2.89. The first-order valence-corrected chi connectivity index (χ1v) is 6.46. The zero-order valence-corrected chi connectivity index (χ0v) is 11.9. The van der Waals surface area contributed by atoms with Crippen LogP contribution in [-0.4, -0.2) is 9.78 Å². The summed E-state index contributed by atoms with van der Waals surface area (Å²) in [6.07, 6.45) is 2.59. The van der Waals surface area contributed by atoms with Crippen molar-refractivity contribution in [3.63, 3.8) is 0 Å². The van der Waals surface area contributed by atoms with Crippen molar-refractivity contribution in [2.75, 3.05) is 0 Å². The number of aromatic nitrogens is 2. The van der Waals surface area contributed by atoms with Gasteiger partial charge in [-0.3, -0.25) is 4.68 Å². The van der Waals surface area contributed by atoms with Gasteiger partial charge in [0.2, 0.25) is 0 Å². The summed E-state index contributed by atoms with van der Waals surface area (Å²) in [5.74, 6) is -0.259. The van der Waals surface area contributed by atoms with Crippen LogP contribution in [0.15, 0.2) is 28.9 Å². The molecule has 2 N–H and O–H groups in total. The van der Waals surface area contributed by atoms with Crippen molar-refractivity contribution in [1.29, 1.82) is 0 Å². The Bertz CT molecular complexity index is 565. The third kappa shape index (κ3) is 2.79. The van der Waals surface area contributed by atoms with E-state index in [1.165, 1.54) is 6.07 Å². The maximum absolute atomic E-state index is 13.1. The first kappa shape index (κ1) is 13.2. The molecule has 18 heavy (non-hydrogen) atoms. The molecule has 1 heterocycles. The van der Waals surface area contributed by atoms with Crippen LogP contribution in [0.5, 0.6) is 0 Å². The van der Waals surface area contributed by atoms with Crippen molar-refractivity contribution in [3.05, 3.63) is 51.5 Å². The monoisotopic (exact) mass is 311 g/mol. The molecule has 0 aliphatic rings. The quantitative estimate of drug-likeness (QED) is 0.947. The van der Waals surface area contributed by atoms with E-state index < -0.39 is 0 Å². The second-order valence-electron chi connectivity index (χ2n) is 4.40. The maximum atomic E-state index is 13.1. The smallest absolute Gasteiger partial charge is 0.137 e. The van der Waals surface area contributed by atoms with Crippen LogP contribution in [0.2, 0.25) is 0 Å². The minimum atomic E-state index is -0.259. The van der Waals surface area contributed by atoms with Crippen molar-refractivity contribution in [2.45, 2.75) is 19.4 Å². The van der Waals surface area contributed by atoms with Crippen molar-refractivity contribution in [2.24, 2.45) is 12.8 Å². The van der Waals surface area contributed by atoms with Gasteiger partial charge in [-0.1, -0.05) is 6.07 Å². The van der Waals surface area contributed by atoms with Crippen LogP contribution in [0.1, 0.15) is 22.9 Å². The summed E-state index contributed by atoms with van der Waals surface area (Å²) in [5, 5.41) is 4.27. The third-order valence-corrected chi connectivity index (χ3v) is 3.50. The molecule has 0 amide bonds. The van der Waals surface area contributed by atoms with Gasteiger partial charge in [-0.25, -0.2) is 4.39 Å². The minimum Gasteiger partial charge on any atom is -0.324 e. The van der Waals surface area contributed by atoms with Crippen molar-refractivity contribution in [1.82, 2.24) is 9.78 Å². The zero-order valence-electron chi connectivity index (χ0n) is 10.3. The fourth-order valence-corrected chi connectivity index (χ4v) is 2.44. The number of hydrogen-bond acceptors (Lipinski definition) is 2. The molecule has 1 aromatic heterocycles. The topological polar surface area (TPSA) is 43.8 Å². The summed E-state index contributed by atoms with van der Waals surface area (Å²) in [5.41, 5.74) is 9.13. The number of halogens is 2. The van der Waals surface area contributed by atoms with Crippen LogP contribution in [0.3, 0.4) is 0 Å². The second-order valence-corrected chi connectivity index (χ2v) is 5.26. The van der Waals surface area contributed by atoms with Crippen LogP contribution >= 0.6 is 15.9 Å². The van der Waals surface area contributed by atoms with Gasteiger partial charge in [0.1, 0.15) is 5.82 Å². The molecule has 2 aromatic rings. The maximum Gasteiger partial charge on any atom is 0.137 e. The second kappa shape index (κ2) is 5.20. The van der Waals surface area contributed by atoms with Gasteiger partial charge in [-0.2, -0.15) is 5.10 Å². The van der Waals surface area contributed by atoms with E-state index in [-0.39, 0.29) is 11.9 Å². The largest absolute Gasteiger partial charge is 0.324 e. The summed E-state index contributed by atoms with van der Waals surface area (Å²) >= 11 is 3.18. The normalized spacial score (nSPS) is 12.7. The number of aryl methyl sites for hydroxylation is 2. The standard InChI is InChI=1S/C13H15BrFN3/c1-8-10(7-18(2)17-8)13(16)6-9-3-4-12(15)11(14)5-9/h3-5,7,13H,6,16H2,1-2H3. The van der Waals surface area contributed by atoms with Crippen molar-refractivity contribution >= 4 is 15.9 Å². The van der Waals surface area contributed by atoms with Gasteiger partial charge in [0.15, 0.2) is 0 Å². The van der Waals surface area contributed by atoms with E-state index in [2.05, 4.69) is 21.0 Å². The zero-order chi connectivity index (χ0) is 13.3. The molecule has 0 radical (unpaired) electrons. The summed E-state index contributed by atoms with van der Waals surface area (Å²) in [4.78, 5) is 0. The molecule has 1 aromatic carbocycles.